The topological polar surface area (TPSA) is 95.9 Å². The van der Waals surface area contributed by atoms with Gasteiger partial charge in [-0.25, -0.2) is 0 Å². The molecule has 0 spiro atoms. The molecule has 0 aliphatic carbocycles. The van der Waals surface area contributed by atoms with Crippen LogP contribution in [0, 0.1) is 0 Å². The highest BCUT2D eigenvalue weighted by atomic mass is 32.2. The molecule has 0 aromatic heterocycles. The largest absolute Gasteiger partial charge is 0.506 e. The quantitative estimate of drug-likeness (QED) is 0.109. The number of amides is 1. The zero-order valence-corrected chi connectivity index (χ0v) is 25.4. The number of aromatic hydroxyl groups is 1. The molecule has 40 heavy (non-hydrogen) atoms. The molecule has 0 aliphatic rings. The summed E-state index contributed by atoms with van der Waals surface area (Å²) < 4.78 is 5.88. The van der Waals surface area contributed by atoms with Crippen LogP contribution in [0.1, 0.15) is 120 Å². The van der Waals surface area contributed by atoms with E-state index in [1.54, 1.807) is 12.1 Å². The van der Waals surface area contributed by atoms with E-state index in [9.17, 15) is 14.7 Å². The van der Waals surface area contributed by atoms with Gasteiger partial charge < -0.3 is 20.3 Å². The molecule has 1 amide bonds. The molecule has 3 N–H and O–H groups in total. The smallest absolute Gasteiger partial charge is 0.313 e. The number of phenols is 1. The van der Waals surface area contributed by atoms with Gasteiger partial charge in [-0.05, 0) is 12.5 Å². The minimum Gasteiger partial charge on any atom is -0.506 e. The lowest BCUT2D eigenvalue weighted by Gasteiger charge is -2.14. The lowest BCUT2D eigenvalue weighted by molar-refractivity contribution is -0.133. The number of carboxylic acids is 1. The summed E-state index contributed by atoms with van der Waals surface area (Å²) in [6, 6.07) is 8.86. The number of rotatable bonds is 24. The van der Waals surface area contributed by atoms with Crippen molar-refractivity contribution in [1.82, 2.24) is 5.32 Å². The molecule has 224 valence electrons. The van der Waals surface area contributed by atoms with Crippen molar-refractivity contribution in [3.8, 4) is 11.5 Å². The third kappa shape index (κ3) is 13.8. The third-order valence-electron chi connectivity index (χ3n) is 7.25. The Kier molecular flexibility index (Phi) is 18.0. The monoisotopic (exact) mass is 573 g/mol. The Morgan fingerprint density at radius 1 is 0.800 bits per heavy atom. The molecule has 6 nitrogen and oxygen atoms in total. The molecular weight excluding hydrogens is 522 g/mol. The standard InChI is InChI=1S/C33H51NO5S/c1-2-3-4-5-6-7-8-9-10-11-12-13-14-15-16-19-22-34-33(38)29-25-30(39-23-24-40-26-31(35)36)27-20-17-18-21-28(27)32(29)37/h17-18,20-21,25,37H,2-16,19,22-24,26H2,1H3,(H,34,38)(H,35,36). The van der Waals surface area contributed by atoms with Gasteiger partial charge in [0.1, 0.15) is 11.5 Å². The lowest BCUT2D eigenvalue weighted by atomic mass is 10.0. The molecular formula is C33H51NO5S. The molecule has 0 radical (unpaired) electrons. The number of benzene rings is 2. The highest BCUT2D eigenvalue weighted by Crippen LogP contribution is 2.36. The Balaban J connectivity index is 1.61. The van der Waals surface area contributed by atoms with Crippen LogP contribution in [-0.4, -0.2) is 46.7 Å². The lowest BCUT2D eigenvalue weighted by Crippen LogP contribution is -2.24. The summed E-state index contributed by atoms with van der Waals surface area (Å²) in [6.45, 7) is 3.16. The minimum atomic E-state index is -0.858. The summed E-state index contributed by atoms with van der Waals surface area (Å²) in [5.74, 6) is -0.170. The van der Waals surface area contributed by atoms with Crippen LogP contribution in [-0.2, 0) is 4.79 Å². The van der Waals surface area contributed by atoms with E-state index in [1.807, 2.05) is 18.2 Å². The fourth-order valence-corrected chi connectivity index (χ4v) is 5.48. The molecule has 2 aromatic rings. The number of unbranched alkanes of at least 4 members (excludes halogenated alkanes) is 15. The van der Waals surface area contributed by atoms with Gasteiger partial charge in [-0.1, -0.05) is 128 Å². The number of thioether (sulfide) groups is 1. The number of phenolic OH excluding ortho intramolecular Hbond substituents is 1. The fourth-order valence-electron chi connectivity index (χ4n) is 4.96. The summed E-state index contributed by atoms with van der Waals surface area (Å²) >= 11 is 1.27. The summed E-state index contributed by atoms with van der Waals surface area (Å²) in [7, 11) is 0. The zero-order chi connectivity index (χ0) is 28.8. The molecule has 0 saturated heterocycles. The average Bonchev–Trinajstić information content (AvgIpc) is 2.95. The molecule has 2 rings (SSSR count). The maximum absolute atomic E-state index is 12.9. The second-order valence-electron chi connectivity index (χ2n) is 10.7. The number of nitrogens with one attached hydrogen (secondary N) is 1. The van der Waals surface area contributed by atoms with Gasteiger partial charge in [0.05, 0.1) is 17.9 Å². The van der Waals surface area contributed by atoms with E-state index in [4.69, 9.17) is 9.84 Å². The van der Waals surface area contributed by atoms with Crippen molar-refractivity contribution >= 4 is 34.4 Å². The van der Waals surface area contributed by atoms with Crippen molar-refractivity contribution in [2.24, 2.45) is 0 Å². The van der Waals surface area contributed by atoms with Crippen molar-refractivity contribution in [2.45, 2.75) is 110 Å². The second kappa shape index (κ2) is 21.4. The van der Waals surface area contributed by atoms with Gasteiger partial charge in [0, 0.05) is 23.1 Å². The Labute approximate surface area is 245 Å². The molecule has 7 heteroatoms. The Bertz CT molecular complexity index is 996. The summed E-state index contributed by atoms with van der Waals surface area (Å²) in [4.78, 5) is 23.6. The Morgan fingerprint density at radius 2 is 1.32 bits per heavy atom. The van der Waals surface area contributed by atoms with Gasteiger partial charge in [0.25, 0.3) is 5.91 Å². The van der Waals surface area contributed by atoms with Crippen LogP contribution in [0.2, 0.25) is 0 Å². The normalized spacial score (nSPS) is 11.1. The maximum atomic E-state index is 12.9. The number of carbonyl (C=O) groups excluding carboxylic acids is 1. The number of carboxylic acid groups (broad SMARTS) is 1. The summed E-state index contributed by atoms with van der Waals surface area (Å²) in [5, 5.41) is 23.8. The molecule has 0 fully saturated rings. The van der Waals surface area contributed by atoms with Crippen molar-refractivity contribution in [3.63, 3.8) is 0 Å². The Hall–Kier alpha value is -2.41. The maximum Gasteiger partial charge on any atom is 0.313 e. The van der Waals surface area contributed by atoms with Crippen LogP contribution in [0.5, 0.6) is 11.5 Å². The molecule has 0 aliphatic heterocycles. The fraction of sp³-hybridized carbons (Fsp3) is 0.636. The first-order chi connectivity index (χ1) is 19.5. The third-order valence-corrected chi connectivity index (χ3v) is 8.16. The van der Waals surface area contributed by atoms with Gasteiger partial charge in [-0.3, -0.25) is 9.59 Å². The Morgan fingerprint density at radius 3 is 1.88 bits per heavy atom. The SMILES string of the molecule is CCCCCCCCCCCCCCCCCCNC(=O)c1cc(OCCSCC(=O)O)c2ccccc2c1O. The van der Waals surface area contributed by atoms with Gasteiger partial charge in [0.2, 0.25) is 0 Å². The van der Waals surface area contributed by atoms with Gasteiger partial charge in [-0.15, -0.1) is 11.8 Å². The highest BCUT2D eigenvalue weighted by Gasteiger charge is 2.17. The van der Waals surface area contributed by atoms with E-state index in [2.05, 4.69) is 12.2 Å². The average molecular weight is 574 g/mol. The van der Waals surface area contributed by atoms with Crippen molar-refractivity contribution in [3.05, 3.63) is 35.9 Å². The van der Waals surface area contributed by atoms with E-state index in [0.717, 1.165) is 18.2 Å². The van der Waals surface area contributed by atoms with Crippen molar-refractivity contribution < 1.29 is 24.5 Å². The van der Waals surface area contributed by atoms with E-state index < -0.39 is 5.97 Å². The molecule has 2 aromatic carbocycles. The van der Waals surface area contributed by atoms with E-state index in [-0.39, 0.29) is 23.0 Å². The van der Waals surface area contributed by atoms with Gasteiger partial charge in [-0.2, -0.15) is 0 Å². The molecule has 0 heterocycles. The first-order valence-electron chi connectivity index (χ1n) is 15.5. The van der Waals surface area contributed by atoms with Crippen LogP contribution < -0.4 is 10.1 Å². The number of hydrogen-bond acceptors (Lipinski definition) is 5. The summed E-state index contributed by atoms with van der Waals surface area (Å²) in [6.07, 6.45) is 21.0. The molecule has 0 saturated carbocycles. The van der Waals surface area contributed by atoms with E-state index in [1.165, 1.54) is 102 Å². The first-order valence-corrected chi connectivity index (χ1v) is 16.6. The van der Waals surface area contributed by atoms with Crippen LogP contribution in [0.15, 0.2) is 30.3 Å². The molecule has 0 bridgehead atoms. The van der Waals surface area contributed by atoms with Crippen molar-refractivity contribution in [1.29, 1.82) is 0 Å². The number of ether oxygens (including phenoxy) is 1. The first kappa shape index (κ1) is 33.8. The highest BCUT2D eigenvalue weighted by molar-refractivity contribution is 7.99. The summed E-state index contributed by atoms with van der Waals surface area (Å²) in [5.41, 5.74) is 0.198. The van der Waals surface area contributed by atoms with E-state index >= 15 is 0 Å². The molecule has 0 atom stereocenters. The number of hydrogen-bond donors (Lipinski definition) is 3. The predicted octanol–water partition coefficient (Wildman–Crippen LogP) is 8.73. The molecule has 0 unspecified atom stereocenters. The van der Waals surface area contributed by atoms with Crippen LogP contribution in [0.3, 0.4) is 0 Å². The number of aliphatic carboxylic acids is 1. The minimum absolute atomic E-state index is 0.0205. The van der Waals surface area contributed by atoms with Crippen LogP contribution in [0.4, 0.5) is 0 Å². The number of carbonyl (C=O) groups is 2. The van der Waals surface area contributed by atoms with E-state index in [0.29, 0.717) is 30.0 Å². The van der Waals surface area contributed by atoms with Gasteiger partial charge >= 0.3 is 5.97 Å². The van der Waals surface area contributed by atoms with Crippen molar-refractivity contribution in [2.75, 3.05) is 24.7 Å². The number of fused-ring (bicyclic) bond motifs is 1. The van der Waals surface area contributed by atoms with Crippen LogP contribution >= 0.6 is 11.8 Å². The second-order valence-corrected chi connectivity index (χ2v) is 11.8. The predicted molar refractivity (Wildman–Crippen MR) is 168 cm³/mol. The van der Waals surface area contributed by atoms with Crippen LogP contribution in [0.25, 0.3) is 10.8 Å². The zero-order valence-electron chi connectivity index (χ0n) is 24.6. The van der Waals surface area contributed by atoms with Gasteiger partial charge in [0.15, 0.2) is 0 Å².